The molecule has 1 aliphatic carbocycles. The van der Waals surface area contributed by atoms with Crippen molar-refractivity contribution in [2.45, 2.75) is 44.3 Å². The van der Waals surface area contributed by atoms with Crippen LogP contribution in [0.25, 0.3) is 0 Å². The molecule has 142 valence electrons. The van der Waals surface area contributed by atoms with Crippen LogP contribution >= 0.6 is 11.3 Å². The Bertz CT molecular complexity index is 774. The average molecular weight is 384 g/mol. The van der Waals surface area contributed by atoms with Crippen LogP contribution in [-0.4, -0.2) is 40.9 Å². The van der Waals surface area contributed by atoms with E-state index in [0.29, 0.717) is 25.6 Å². The molecule has 2 aliphatic rings. The van der Waals surface area contributed by atoms with E-state index in [-0.39, 0.29) is 18.0 Å². The van der Waals surface area contributed by atoms with Gasteiger partial charge in [-0.15, -0.1) is 11.3 Å². The number of benzene rings is 1. The highest BCUT2D eigenvalue weighted by atomic mass is 32.1. The third-order valence-corrected chi connectivity index (χ3v) is 6.09. The van der Waals surface area contributed by atoms with Gasteiger partial charge in [-0.1, -0.05) is 36.4 Å². The Balaban J connectivity index is 1.49. The van der Waals surface area contributed by atoms with Crippen LogP contribution in [0.15, 0.2) is 47.8 Å². The maximum Gasteiger partial charge on any atom is 0.318 e. The number of urea groups is 1. The zero-order valence-corrected chi connectivity index (χ0v) is 16.2. The number of carbonyl (C=O) groups excluding carboxylic acids is 2. The number of nitrogens with zero attached hydrogens (tertiary/aromatic N) is 2. The lowest BCUT2D eigenvalue weighted by molar-refractivity contribution is -0.128. The topological polar surface area (TPSA) is 52.7 Å². The van der Waals surface area contributed by atoms with Crippen molar-refractivity contribution in [1.82, 2.24) is 15.1 Å². The molecular formula is C21H25N3O2S. The molecule has 0 spiro atoms. The fraction of sp³-hybridized carbons (Fsp3) is 0.429. The highest BCUT2D eigenvalue weighted by Gasteiger charge is 2.34. The summed E-state index contributed by atoms with van der Waals surface area (Å²) in [6, 6.07) is 14.2. The second kappa shape index (κ2) is 8.13. The van der Waals surface area contributed by atoms with Crippen LogP contribution in [0.5, 0.6) is 0 Å². The molecule has 1 aromatic carbocycles. The molecule has 1 atom stereocenters. The Morgan fingerprint density at radius 3 is 2.67 bits per heavy atom. The number of amides is 3. The fourth-order valence-electron chi connectivity index (χ4n) is 3.59. The molecule has 0 bridgehead atoms. The van der Waals surface area contributed by atoms with Crippen molar-refractivity contribution in [2.24, 2.45) is 0 Å². The van der Waals surface area contributed by atoms with Crippen molar-refractivity contribution >= 4 is 23.3 Å². The van der Waals surface area contributed by atoms with Gasteiger partial charge in [-0.05, 0) is 36.3 Å². The quantitative estimate of drug-likeness (QED) is 0.791. The first-order valence-corrected chi connectivity index (χ1v) is 10.5. The highest BCUT2D eigenvalue weighted by Crippen LogP contribution is 2.30. The van der Waals surface area contributed by atoms with Crippen molar-refractivity contribution in [1.29, 1.82) is 0 Å². The zero-order chi connectivity index (χ0) is 18.6. The molecule has 27 heavy (non-hydrogen) atoms. The van der Waals surface area contributed by atoms with Crippen LogP contribution in [0, 0.1) is 0 Å². The molecule has 1 aliphatic heterocycles. The van der Waals surface area contributed by atoms with Gasteiger partial charge in [0.25, 0.3) is 0 Å². The number of carbonyl (C=O) groups is 2. The van der Waals surface area contributed by atoms with Crippen LogP contribution in [0.2, 0.25) is 0 Å². The molecule has 1 N–H and O–H groups in total. The summed E-state index contributed by atoms with van der Waals surface area (Å²) in [6.45, 7) is 1.96. The maximum atomic E-state index is 13.1. The summed E-state index contributed by atoms with van der Waals surface area (Å²) in [5, 5.41) is 5.26. The SMILES string of the molecule is O=C1CCCN1CC(NC(=O)N(Cc1cccs1)C1CC1)c1ccccc1. The molecule has 3 amide bonds. The van der Waals surface area contributed by atoms with Crippen LogP contribution in [0.3, 0.4) is 0 Å². The van der Waals surface area contributed by atoms with Gasteiger partial charge in [-0.25, -0.2) is 4.79 Å². The molecule has 4 rings (SSSR count). The number of hydrogen-bond donors (Lipinski definition) is 1. The minimum Gasteiger partial charge on any atom is -0.340 e. The number of rotatable bonds is 7. The second-order valence-corrected chi connectivity index (χ2v) is 8.33. The Morgan fingerprint density at radius 2 is 2.04 bits per heavy atom. The summed E-state index contributed by atoms with van der Waals surface area (Å²) in [7, 11) is 0. The molecule has 1 unspecified atom stereocenters. The van der Waals surface area contributed by atoms with E-state index in [1.807, 2.05) is 51.6 Å². The maximum absolute atomic E-state index is 13.1. The lowest BCUT2D eigenvalue weighted by Gasteiger charge is -2.29. The van der Waals surface area contributed by atoms with Crippen molar-refractivity contribution in [3.63, 3.8) is 0 Å². The first-order valence-electron chi connectivity index (χ1n) is 9.63. The predicted molar refractivity (Wildman–Crippen MR) is 106 cm³/mol. The van der Waals surface area contributed by atoms with Crippen molar-refractivity contribution in [2.75, 3.05) is 13.1 Å². The van der Waals surface area contributed by atoms with E-state index >= 15 is 0 Å². The Kier molecular flexibility index (Phi) is 5.43. The summed E-state index contributed by atoms with van der Waals surface area (Å²) < 4.78 is 0. The van der Waals surface area contributed by atoms with E-state index in [0.717, 1.165) is 31.4 Å². The zero-order valence-electron chi connectivity index (χ0n) is 15.3. The summed E-state index contributed by atoms with van der Waals surface area (Å²) in [6.07, 6.45) is 3.65. The lowest BCUT2D eigenvalue weighted by atomic mass is 10.1. The molecule has 2 heterocycles. The molecule has 1 saturated heterocycles. The summed E-state index contributed by atoms with van der Waals surface area (Å²) >= 11 is 1.68. The fourth-order valence-corrected chi connectivity index (χ4v) is 4.30. The molecule has 1 aromatic heterocycles. The molecule has 2 fully saturated rings. The van der Waals surface area contributed by atoms with E-state index in [2.05, 4.69) is 11.4 Å². The molecule has 1 saturated carbocycles. The third kappa shape index (κ3) is 4.50. The molecule has 0 radical (unpaired) electrons. The largest absolute Gasteiger partial charge is 0.340 e. The van der Waals surface area contributed by atoms with Crippen LogP contribution < -0.4 is 5.32 Å². The molecule has 5 nitrogen and oxygen atoms in total. The molecular weight excluding hydrogens is 358 g/mol. The second-order valence-electron chi connectivity index (χ2n) is 7.29. The van der Waals surface area contributed by atoms with Gasteiger partial charge in [0, 0.05) is 30.4 Å². The van der Waals surface area contributed by atoms with E-state index in [1.165, 1.54) is 4.88 Å². The summed E-state index contributed by atoms with van der Waals surface area (Å²) in [5.74, 6) is 0.183. The van der Waals surface area contributed by atoms with Gasteiger partial charge in [0.1, 0.15) is 0 Å². The Hall–Kier alpha value is -2.34. The van der Waals surface area contributed by atoms with Gasteiger partial charge in [-0.2, -0.15) is 0 Å². The first kappa shape index (κ1) is 18.0. The minimum absolute atomic E-state index is 0.0357. The van der Waals surface area contributed by atoms with E-state index in [4.69, 9.17) is 0 Å². The number of thiophene rings is 1. The molecule has 6 heteroatoms. The third-order valence-electron chi connectivity index (χ3n) is 5.23. The lowest BCUT2D eigenvalue weighted by Crippen LogP contribution is -2.45. The van der Waals surface area contributed by atoms with Gasteiger partial charge in [0.15, 0.2) is 0 Å². The Morgan fingerprint density at radius 1 is 1.22 bits per heavy atom. The van der Waals surface area contributed by atoms with Crippen molar-refractivity contribution in [3.8, 4) is 0 Å². The first-order chi connectivity index (χ1) is 13.2. The summed E-state index contributed by atoms with van der Waals surface area (Å²) in [5.41, 5.74) is 1.04. The number of likely N-dealkylation sites (tertiary alicyclic amines) is 1. The number of nitrogens with one attached hydrogen (secondary N) is 1. The van der Waals surface area contributed by atoms with E-state index < -0.39 is 0 Å². The smallest absolute Gasteiger partial charge is 0.318 e. The van der Waals surface area contributed by atoms with E-state index in [1.54, 1.807) is 11.3 Å². The van der Waals surface area contributed by atoms with Crippen molar-refractivity contribution in [3.05, 3.63) is 58.3 Å². The van der Waals surface area contributed by atoms with Gasteiger partial charge < -0.3 is 15.1 Å². The summed E-state index contributed by atoms with van der Waals surface area (Å²) in [4.78, 5) is 30.2. The monoisotopic (exact) mass is 383 g/mol. The van der Waals surface area contributed by atoms with Gasteiger partial charge in [-0.3, -0.25) is 4.79 Å². The standard InChI is InChI=1S/C21H25N3O2S/c25-20-9-4-12-23(20)15-19(16-6-2-1-3-7-16)22-21(26)24(17-10-11-17)14-18-8-5-13-27-18/h1-3,5-8,13,17,19H,4,9-12,14-15H2,(H,22,26). The molecule has 2 aromatic rings. The minimum atomic E-state index is -0.190. The van der Waals surface area contributed by atoms with Crippen LogP contribution in [0.4, 0.5) is 4.79 Å². The van der Waals surface area contributed by atoms with Crippen LogP contribution in [0.1, 0.15) is 42.2 Å². The average Bonchev–Trinajstić information content (AvgIpc) is 3.24. The normalized spacial score (nSPS) is 17.8. The number of hydrogen-bond acceptors (Lipinski definition) is 3. The Labute approximate surface area is 164 Å². The predicted octanol–water partition coefficient (Wildman–Crippen LogP) is 3.79. The highest BCUT2D eigenvalue weighted by molar-refractivity contribution is 7.09. The van der Waals surface area contributed by atoms with Crippen molar-refractivity contribution < 1.29 is 9.59 Å². The van der Waals surface area contributed by atoms with Crippen LogP contribution in [-0.2, 0) is 11.3 Å². The van der Waals surface area contributed by atoms with E-state index in [9.17, 15) is 9.59 Å². The van der Waals surface area contributed by atoms with Gasteiger partial charge >= 0.3 is 6.03 Å². The van der Waals surface area contributed by atoms with Gasteiger partial charge in [0.05, 0.1) is 12.6 Å². The van der Waals surface area contributed by atoms with Gasteiger partial charge in [0.2, 0.25) is 5.91 Å².